The average molecular weight is 329 g/mol. The van der Waals surface area contributed by atoms with E-state index in [9.17, 15) is 4.79 Å². The highest BCUT2D eigenvalue weighted by molar-refractivity contribution is 9.10. The zero-order valence-corrected chi connectivity index (χ0v) is 12.4. The van der Waals surface area contributed by atoms with Crippen molar-refractivity contribution >= 4 is 44.8 Å². The highest BCUT2D eigenvalue weighted by Crippen LogP contribution is 2.32. The number of benzene rings is 1. The SMILES string of the molecule is CC(=O)c1ccc(Sc2nnc(C)s2)cc1Br. The van der Waals surface area contributed by atoms with E-state index < -0.39 is 0 Å². The summed E-state index contributed by atoms with van der Waals surface area (Å²) in [4.78, 5) is 12.3. The fraction of sp³-hybridized carbons (Fsp3) is 0.182. The topological polar surface area (TPSA) is 42.9 Å². The van der Waals surface area contributed by atoms with Gasteiger partial charge in [-0.3, -0.25) is 4.79 Å². The quantitative estimate of drug-likeness (QED) is 0.800. The van der Waals surface area contributed by atoms with Crippen molar-refractivity contribution in [2.75, 3.05) is 0 Å². The van der Waals surface area contributed by atoms with Gasteiger partial charge in [0.15, 0.2) is 10.1 Å². The molecule has 1 heterocycles. The first-order valence-electron chi connectivity index (χ1n) is 4.84. The number of carbonyl (C=O) groups excluding carboxylic acids is 1. The van der Waals surface area contributed by atoms with E-state index in [1.165, 1.54) is 0 Å². The van der Waals surface area contributed by atoms with Crippen molar-refractivity contribution in [2.45, 2.75) is 23.1 Å². The van der Waals surface area contributed by atoms with Crippen LogP contribution in [0.3, 0.4) is 0 Å². The number of aromatic nitrogens is 2. The second kappa shape index (κ2) is 5.29. The van der Waals surface area contributed by atoms with Gasteiger partial charge in [0.05, 0.1) is 0 Å². The second-order valence-electron chi connectivity index (χ2n) is 3.39. The Labute approximate surface area is 116 Å². The Bertz CT molecular complexity index is 568. The first kappa shape index (κ1) is 12.7. The van der Waals surface area contributed by atoms with Gasteiger partial charge < -0.3 is 0 Å². The molecule has 0 amide bonds. The van der Waals surface area contributed by atoms with Gasteiger partial charge in [-0.15, -0.1) is 10.2 Å². The van der Waals surface area contributed by atoms with Crippen LogP contribution in [0.1, 0.15) is 22.3 Å². The smallest absolute Gasteiger partial charge is 0.179 e. The first-order valence-corrected chi connectivity index (χ1v) is 7.27. The summed E-state index contributed by atoms with van der Waals surface area (Å²) in [5.41, 5.74) is 0.697. The van der Waals surface area contributed by atoms with Crippen molar-refractivity contribution in [3.8, 4) is 0 Å². The number of ketones is 1. The van der Waals surface area contributed by atoms with Gasteiger partial charge in [0.1, 0.15) is 5.01 Å². The molecule has 2 aromatic rings. The molecule has 0 N–H and O–H groups in total. The Kier molecular flexibility index (Phi) is 3.96. The van der Waals surface area contributed by atoms with Crippen molar-refractivity contribution in [2.24, 2.45) is 0 Å². The van der Waals surface area contributed by atoms with E-state index in [2.05, 4.69) is 26.1 Å². The number of aryl methyl sites for hydroxylation is 1. The summed E-state index contributed by atoms with van der Waals surface area (Å²) in [6, 6.07) is 5.67. The monoisotopic (exact) mass is 328 g/mol. The molecule has 0 saturated heterocycles. The number of hydrogen-bond acceptors (Lipinski definition) is 5. The normalized spacial score (nSPS) is 10.5. The average Bonchev–Trinajstić information content (AvgIpc) is 2.63. The molecule has 0 fully saturated rings. The molecule has 17 heavy (non-hydrogen) atoms. The molecular weight excluding hydrogens is 320 g/mol. The van der Waals surface area contributed by atoms with E-state index in [-0.39, 0.29) is 5.78 Å². The van der Waals surface area contributed by atoms with Crippen molar-refractivity contribution < 1.29 is 4.79 Å². The van der Waals surface area contributed by atoms with Crippen LogP contribution in [0.5, 0.6) is 0 Å². The molecule has 0 aliphatic rings. The van der Waals surface area contributed by atoms with Crippen molar-refractivity contribution in [1.29, 1.82) is 0 Å². The number of hydrogen-bond donors (Lipinski definition) is 0. The van der Waals surface area contributed by atoms with E-state index in [1.807, 2.05) is 25.1 Å². The molecule has 0 bridgehead atoms. The summed E-state index contributed by atoms with van der Waals surface area (Å²) in [7, 11) is 0. The predicted octanol–water partition coefficient (Wildman–Crippen LogP) is 3.96. The van der Waals surface area contributed by atoms with Gasteiger partial charge in [-0.05, 0) is 32.0 Å². The van der Waals surface area contributed by atoms with Crippen LogP contribution >= 0.6 is 39.0 Å². The van der Waals surface area contributed by atoms with Crippen LogP contribution in [-0.2, 0) is 0 Å². The van der Waals surface area contributed by atoms with Gasteiger partial charge in [-0.2, -0.15) is 0 Å². The number of nitrogens with zero attached hydrogens (tertiary/aromatic N) is 2. The third kappa shape index (κ3) is 3.14. The van der Waals surface area contributed by atoms with Crippen LogP contribution in [0, 0.1) is 6.92 Å². The van der Waals surface area contributed by atoms with E-state index in [0.717, 1.165) is 18.7 Å². The van der Waals surface area contributed by atoms with Crippen LogP contribution < -0.4 is 0 Å². The summed E-state index contributed by atoms with van der Waals surface area (Å²) in [6.45, 7) is 3.48. The minimum absolute atomic E-state index is 0.0557. The summed E-state index contributed by atoms with van der Waals surface area (Å²) in [5, 5.41) is 8.96. The van der Waals surface area contributed by atoms with Gasteiger partial charge in [0.25, 0.3) is 0 Å². The zero-order chi connectivity index (χ0) is 12.4. The lowest BCUT2D eigenvalue weighted by Gasteiger charge is -2.02. The van der Waals surface area contributed by atoms with Crippen molar-refractivity contribution in [3.63, 3.8) is 0 Å². The molecule has 3 nitrogen and oxygen atoms in total. The Morgan fingerprint density at radius 3 is 2.71 bits per heavy atom. The van der Waals surface area contributed by atoms with Crippen LogP contribution in [0.25, 0.3) is 0 Å². The van der Waals surface area contributed by atoms with Gasteiger partial charge in [0.2, 0.25) is 0 Å². The molecule has 0 aliphatic carbocycles. The minimum Gasteiger partial charge on any atom is -0.294 e. The summed E-state index contributed by atoms with van der Waals surface area (Å²) in [6.07, 6.45) is 0. The summed E-state index contributed by atoms with van der Waals surface area (Å²) >= 11 is 6.50. The van der Waals surface area contributed by atoms with E-state index in [1.54, 1.807) is 30.0 Å². The molecule has 0 unspecified atom stereocenters. The Morgan fingerprint density at radius 1 is 1.41 bits per heavy atom. The lowest BCUT2D eigenvalue weighted by Crippen LogP contribution is -1.93. The van der Waals surface area contributed by atoms with E-state index >= 15 is 0 Å². The van der Waals surface area contributed by atoms with Gasteiger partial charge in [-0.25, -0.2) is 0 Å². The van der Waals surface area contributed by atoms with Crippen molar-refractivity contribution in [3.05, 3.63) is 33.2 Å². The highest BCUT2D eigenvalue weighted by Gasteiger charge is 2.08. The summed E-state index contributed by atoms with van der Waals surface area (Å²) < 4.78 is 1.72. The molecule has 0 radical (unpaired) electrons. The summed E-state index contributed by atoms with van der Waals surface area (Å²) in [5.74, 6) is 0.0557. The largest absolute Gasteiger partial charge is 0.294 e. The molecule has 1 aromatic carbocycles. The maximum absolute atomic E-state index is 11.3. The highest BCUT2D eigenvalue weighted by atomic mass is 79.9. The molecule has 0 saturated carbocycles. The maximum atomic E-state index is 11.3. The first-order chi connectivity index (χ1) is 8.06. The maximum Gasteiger partial charge on any atom is 0.179 e. The number of rotatable bonds is 3. The van der Waals surface area contributed by atoms with Gasteiger partial charge in [0, 0.05) is 14.9 Å². The number of carbonyl (C=O) groups is 1. The Morgan fingerprint density at radius 2 is 2.18 bits per heavy atom. The Balaban J connectivity index is 2.23. The van der Waals surface area contributed by atoms with Gasteiger partial charge >= 0.3 is 0 Å². The van der Waals surface area contributed by atoms with Crippen LogP contribution in [-0.4, -0.2) is 16.0 Å². The molecule has 0 atom stereocenters. The minimum atomic E-state index is 0.0557. The Hall–Kier alpha value is -0.720. The predicted molar refractivity (Wildman–Crippen MR) is 72.9 cm³/mol. The third-order valence-corrected chi connectivity index (χ3v) is 4.57. The number of halogens is 1. The second-order valence-corrected chi connectivity index (χ2v) is 6.74. The lowest BCUT2D eigenvalue weighted by atomic mass is 10.2. The molecular formula is C11H9BrN2OS2. The molecule has 2 rings (SSSR count). The van der Waals surface area contributed by atoms with E-state index in [4.69, 9.17) is 0 Å². The van der Waals surface area contributed by atoms with Gasteiger partial charge in [-0.1, -0.05) is 39.0 Å². The standard InChI is InChI=1S/C11H9BrN2OS2/c1-6(15)9-4-3-8(5-10(9)12)17-11-14-13-7(2)16-11/h3-5H,1-2H3. The molecule has 0 aliphatic heterocycles. The van der Waals surface area contributed by atoms with Crippen molar-refractivity contribution in [1.82, 2.24) is 10.2 Å². The van der Waals surface area contributed by atoms with E-state index in [0.29, 0.717) is 5.56 Å². The molecule has 1 aromatic heterocycles. The fourth-order valence-corrected chi connectivity index (χ4v) is 3.90. The molecule has 6 heteroatoms. The van der Waals surface area contributed by atoms with Crippen LogP contribution in [0.15, 0.2) is 31.9 Å². The fourth-order valence-electron chi connectivity index (χ4n) is 1.27. The van der Waals surface area contributed by atoms with Crippen LogP contribution in [0.2, 0.25) is 0 Å². The molecule has 0 spiro atoms. The molecule has 88 valence electrons. The third-order valence-electron chi connectivity index (χ3n) is 2.03. The zero-order valence-electron chi connectivity index (χ0n) is 9.23. The lowest BCUT2D eigenvalue weighted by molar-refractivity contribution is 0.101. The number of Topliss-reactive ketones (excluding diaryl/α,β-unsaturated/α-hetero) is 1. The van der Waals surface area contributed by atoms with Crippen LogP contribution in [0.4, 0.5) is 0 Å².